The predicted molar refractivity (Wildman–Crippen MR) is 91.2 cm³/mol. The van der Waals surface area contributed by atoms with E-state index in [0.29, 0.717) is 25.0 Å². The Bertz CT molecular complexity index is 341. The van der Waals surface area contributed by atoms with Gasteiger partial charge in [-0.1, -0.05) is 0 Å². The number of nitrogens with one attached hydrogen (secondary N) is 1. The molecule has 1 N–H and O–H groups in total. The number of hydrogen-bond donors (Lipinski definition) is 1. The fourth-order valence-electron chi connectivity index (χ4n) is 2.91. The minimum absolute atomic E-state index is 0.221. The normalized spacial score (nSPS) is 21.5. The third-order valence-electron chi connectivity index (χ3n) is 4.25. The topological polar surface area (TPSA) is 44.8 Å². The van der Waals surface area contributed by atoms with Gasteiger partial charge in [0.2, 0.25) is 0 Å². The first-order valence-electron chi connectivity index (χ1n) is 8.62. The smallest absolute Gasteiger partial charge is 0.410 e. The van der Waals surface area contributed by atoms with Gasteiger partial charge in [-0.15, -0.1) is 0 Å². The Balaban J connectivity index is 2.32. The standard InChI is InChI=1S/C17H35N3O2/c1-7-20(16(21)22-17(3,4)5)12-10-18-14(2)15-9-8-11-19(6)13-15/h14-15,18H,7-13H2,1-6H3. The zero-order valence-electron chi connectivity index (χ0n) is 15.3. The molecule has 1 saturated heterocycles. The van der Waals surface area contributed by atoms with E-state index in [1.54, 1.807) is 4.90 Å². The number of ether oxygens (including phenoxy) is 1. The number of likely N-dealkylation sites (N-methyl/N-ethyl adjacent to an activating group) is 1. The van der Waals surface area contributed by atoms with Crippen LogP contribution in [-0.4, -0.2) is 67.3 Å². The Morgan fingerprint density at radius 3 is 2.68 bits per heavy atom. The van der Waals surface area contributed by atoms with E-state index in [1.165, 1.54) is 19.4 Å². The van der Waals surface area contributed by atoms with Gasteiger partial charge in [0.1, 0.15) is 5.60 Å². The first-order chi connectivity index (χ1) is 10.2. The molecule has 1 fully saturated rings. The third kappa shape index (κ3) is 6.97. The van der Waals surface area contributed by atoms with E-state index in [4.69, 9.17) is 4.74 Å². The van der Waals surface area contributed by atoms with Gasteiger partial charge >= 0.3 is 6.09 Å². The molecule has 0 aliphatic carbocycles. The summed E-state index contributed by atoms with van der Waals surface area (Å²) < 4.78 is 5.43. The van der Waals surface area contributed by atoms with Crippen LogP contribution in [0.5, 0.6) is 0 Å². The summed E-state index contributed by atoms with van der Waals surface area (Å²) in [6.45, 7) is 14.5. The second-order valence-electron chi connectivity index (χ2n) is 7.47. The van der Waals surface area contributed by atoms with E-state index in [-0.39, 0.29) is 6.09 Å². The number of piperidine rings is 1. The first-order valence-corrected chi connectivity index (χ1v) is 8.62. The molecule has 130 valence electrons. The van der Waals surface area contributed by atoms with Crippen molar-refractivity contribution in [2.45, 2.75) is 59.1 Å². The van der Waals surface area contributed by atoms with E-state index >= 15 is 0 Å². The number of likely N-dealkylation sites (tertiary alicyclic amines) is 1. The van der Waals surface area contributed by atoms with Crippen LogP contribution in [0.1, 0.15) is 47.5 Å². The number of nitrogens with zero attached hydrogens (tertiary/aromatic N) is 2. The van der Waals surface area contributed by atoms with Gasteiger partial charge in [-0.2, -0.15) is 0 Å². The fraction of sp³-hybridized carbons (Fsp3) is 0.941. The van der Waals surface area contributed by atoms with Gasteiger partial charge in [-0.25, -0.2) is 4.79 Å². The van der Waals surface area contributed by atoms with E-state index < -0.39 is 5.60 Å². The lowest BCUT2D eigenvalue weighted by Gasteiger charge is -2.34. The summed E-state index contributed by atoms with van der Waals surface area (Å²) in [7, 11) is 2.19. The molecule has 5 nitrogen and oxygen atoms in total. The lowest BCUT2D eigenvalue weighted by molar-refractivity contribution is 0.0259. The Labute approximate surface area is 136 Å². The maximum absolute atomic E-state index is 12.1. The molecule has 0 spiro atoms. The van der Waals surface area contributed by atoms with Crippen molar-refractivity contribution < 1.29 is 9.53 Å². The van der Waals surface area contributed by atoms with Crippen LogP contribution >= 0.6 is 0 Å². The van der Waals surface area contributed by atoms with Crippen LogP contribution in [0, 0.1) is 5.92 Å². The van der Waals surface area contributed by atoms with Gasteiger partial charge < -0.3 is 19.9 Å². The van der Waals surface area contributed by atoms with E-state index in [9.17, 15) is 4.79 Å². The highest BCUT2D eigenvalue weighted by atomic mass is 16.6. The van der Waals surface area contributed by atoms with Crippen LogP contribution in [0.3, 0.4) is 0 Å². The van der Waals surface area contributed by atoms with Crippen molar-refractivity contribution in [1.29, 1.82) is 0 Å². The molecule has 1 heterocycles. The zero-order chi connectivity index (χ0) is 16.8. The SMILES string of the molecule is CCN(CCNC(C)C1CCCN(C)C1)C(=O)OC(C)(C)C. The average molecular weight is 313 g/mol. The molecule has 0 aromatic heterocycles. The minimum atomic E-state index is -0.433. The number of carbonyl (C=O) groups is 1. The van der Waals surface area contributed by atoms with Crippen LogP contribution < -0.4 is 5.32 Å². The summed E-state index contributed by atoms with van der Waals surface area (Å²) in [5, 5.41) is 3.58. The molecule has 0 aromatic carbocycles. The fourth-order valence-corrected chi connectivity index (χ4v) is 2.91. The zero-order valence-corrected chi connectivity index (χ0v) is 15.3. The lowest BCUT2D eigenvalue weighted by Crippen LogP contribution is -2.46. The number of rotatable bonds is 6. The molecular formula is C17H35N3O2. The molecule has 2 atom stereocenters. The van der Waals surface area contributed by atoms with Crippen LogP contribution in [0.15, 0.2) is 0 Å². The second kappa shape index (κ2) is 8.73. The summed E-state index contributed by atoms with van der Waals surface area (Å²) in [6.07, 6.45) is 2.36. The van der Waals surface area contributed by atoms with Crippen molar-refractivity contribution in [2.24, 2.45) is 5.92 Å². The molecule has 1 rings (SSSR count). The third-order valence-corrected chi connectivity index (χ3v) is 4.25. The Hall–Kier alpha value is -0.810. The molecular weight excluding hydrogens is 278 g/mol. The highest BCUT2D eigenvalue weighted by Gasteiger charge is 2.23. The molecule has 0 bridgehead atoms. The van der Waals surface area contributed by atoms with Gasteiger partial charge in [-0.05, 0) is 67.0 Å². The molecule has 1 aliphatic rings. The Kier molecular flexibility index (Phi) is 7.63. The van der Waals surface area contributed by atoms with Crippen molar-refractivity contribution in [3.05, 3.63) is 0 Å². The maximum atomic E-state index is 12.1. The van der Waals surface area contributed by atoms with Gasteiger partial charge in [0, 0.05) is 32.2 Å². The highest BCUT2D eigenvalue weighted by molar-refractivity contribution is 5.68. The quantitative estimate of drug-likeness (QED) is 0.818. The van der Waals surface area contributed by atoms with Crippen LogP contribution in [0.4, 0.5) is 4.79 Å². The monoisotopic (exact) mass is 313 g/mol. The highest BCUT2D eigenvalue weighted by Crippen LogP contribution is 2.18. The largest absolute Gasteiger partial charge is 0.444 e. The van der Waals surface area contributed by atoms with Gasteiger partial charge in [0.15, 0.2) is 0 Å². The molecule has 0 aromatic rings. The molecule has 1 amide bonds. The average Bonchev–Trinajstić information content (AvgIpc) is 2.41. The Morgan fingerprint density at radius 2 is 2.14 bits per heavy atom. The van der Waals surface area contributed by atoms with Gasteiger partial charge in [0.25, 0.3) is 0 Å². The lowest BCUT2D eigenvalue weighted by atomic mass is 9.92. The summed E-state index contributed by atoms with van der Waals surface area (Å²) in [6, 6.07) is 0.486. The first kappa shape index (κ1) is 19.2. The molecule has 0 saturated carbocycles. The number of amides is 1. The van der Waals surface area contributed by atoms with Gasteiger partial charge in [0.05, 0.1) is 0 Å². The van der Waals surface area contributed by atoms with Gasteiger partial charge in [-0.3, -0.25) is 0 Å². The molecule has 1 aliphatic heterocycles. The van der Waals surface area contributed by atoms with Crippen molar-refractivity contribution >= 4 is 6.09 Å². The molecule has 0 radical (unpaired) electrons. The Morgan fingerprint density at radius 1 is 1.45 bits per heavy atom. The van der Waals surface area contributed by atoms with Crippen molar-refractivity contribution in [2.75, 3.05) is 39.8 Å². The summed E-state index contributed by atoms with van der Waals surface area (Å²) in [5.41, 5.74) is -0.433. The summed E-state index contributed by atoms with van der Waals surface area (Å²) >= 11 is 0. The van der Waals surface area contributed by atoms with Crippen molar-refractivity contribution in [3.63, 3.8) is 0 Å². The van der Waals surface area contributed by atoms with E-state index in [1.807, 2.05) is 27.7 Å². The van der Waals surface area contributed by atoms with Crippen LogP contribution in [0.25, 0.3) is 0 Å². The van der Waals surface area contributed by atoms with Crippen LogP contribution in [0.2, 0.25) is 0 Å². The number of hydrogen-bond acceptors (Lipinski definition) is 4. The molecule has 5 heteroatoms. The molecule has 22 heavy (non-hydrogen) atoms. The van der Waals surface area contributed by atoms with E-state index in [2.05, 4.69) is 24.2 Å². The van der Waals surface area contributed by atoms with Crippen LogP contribution in [-0.2, 0) is 4.74 Å². The summed E-state index contributed by atoms with van der Waals surface area (Å²) in [5.74, 6) is 0.704. The minimum Gasteiger partial charge on any atom is -0.444 e. The summed E-state index contributed by atoms with van der Waals surface area (Å²) in [4.78, 5) is 16.2. The maximum Gasteiger partial charge on any atom is 0.410 e. The van der Waals surface area contributed by atoms with E-state index in [0.717, 1.165) is 13.1 Å². The van der Waals surface area contributed by atoms with Crippen molar-refractivity contribution in [3.8, 4) is 0 Å². The van der Waals surface area contributed by atoms with Crippen molar-refractivity contribution in [1.82, 2.24) is 15.1 Å². The predicted octanol–water partition coefficient (Wildman–Crippen LogP) is 2.56. The second-order valence-corrected chi connectivity index (χ2v) is 7.47. The molecule has 2 unspecified atom stereocenters. The number of carbonyl (C=O) groups excluding carboxylic acids is 1.